The van der Waals surface area contributed by atoms with Crippen LogP contribution in [0.5, 0.6) is 0 Å². The molecule has 0 bridgehead atoms. The van der Waals surface area contributed by atoms with Gasteiger partial charge >= 0.3 is 5.76 Å². The highest BCUT2D eigenvalue weighted by Gasteiger charge is 2.17. The molecule has 0 fully saturated rings. The van der Waals surface area contributed by atoms with Crippen LogP contribution in [0.3, 0.4) is 0 Å². The lowest BCUT2D eigenvalue weighted by atomic mass is 10.1. The van der Waals surface area contributed by atoms with Crippen molar-refractivity contribution in [1.82, 2.24) is 19.4 Å². The molecule has 5 aromatic rings. The quantitative estimate of drug-likeness (QED) is 0.442. The van der Waals surface area contributed by atoms with E-state index in [1.54, 1.807) is 17.4 Å². The predicted molar refractivity (Wildman–Crippen MR) is 106 cm³/mol. The Labute approximate surface area is 156 Å². The number of oxazole rings is 1. The Morgan fingerprint density at radius 2 is 2.30 bits per heavy atom. The van der Waals surface area contributed by atoms with Gasteiger partial charge in [-0.05, 0) is 19.1 Å². The molecule has 0 aliphatic rings. The number of hydrogen-bond donors (Lipinski definition) is 3. The number of aromatic nitrogens is 4. The number of nitrogens with one attached hydrogen (secondary N) is 2. The zero-order valence-corrected chi connectivity index (χ0v) is 15.3. The SMILES string of the molecule is Cc1cnc2c(NCCN)nc3cc(-c4cccc5oc(=O)[nH]c45)sc3n12. The van der Waals surface area contributed by atoms with E-state index in [2.05, 4.69) is 19.7 Å². The van der Waals surface area contributed by atoms with Crippen LogP contribution in [0.25, 0.3) is 37.5 Å². The molecular weight excluding hydrogens is 364 g/mol. The van der Waals surface area contributed by atoms with Gasteiger partial charge in [0.25, 0.3) is 0 Å². The number of aromatic amines is 1. The molecule has 4 N–H and O–H groups in total. The van der Waals surface area contributed by atoms with E-state index in [1.807, 2.05) is 31.3 Å². The van der Waals surface area contributed by atoms with Crippen LogP contribution in [-0.2, 0) is 0 Å². The van der Waals surface area contributed by atoms with Gasteiger partial charge in [0.2, 0.25) is 0 Å². The lowest BCUT2D eigenvalue weighted by molar-refractivity contribution is 0.555. The largest absolute Gasteiger partial charge is 0.417 e. The normalized spacial score (nSPS) is 11.8. The first-order valence-electron chi connectivity index (χ1n) is 8.49. The molecule has 5 rings (SSSR count). The van der Waals surface area contributed by atoms with Crippen molar-refractivity contribution < 1.29 is 4.42 Å². The van der Waals surface area contributed by atoms with E-state index < -0.39 is 5.76 Å². The third-order valence-electron chi connectivity index (χ3n) is 4.44. The summed E-state index contributed by atoms with van der Waals surface area (Å²) in [6, 6.07) is 7.63. The molecule has 0 saturated carbocycles. The number of fused-ring (bicyclic) bond motifs is 4. The zero-order chi connectivity index (χ0) is 18.5. The van der Waals surface area contributed by atoms with Crippen LogP contribution in [-0.4, -0.2) is 32.4 Å². The molecule has 8 nitrogen and oxygen atoms in total. The number of nitrogens with zero attached hydrogens (tertiary/aromatic N) is 3. The highest BCUT2D eigenvalue weighted by molar-refractivity contribution is 7.22. The first-order chi connectivity index (χ1) is 13.2. The summed E-state index contributed by atoms with van der Waals surface area (Å²) < 4.78 is 7.28. The Bertz CT molecular complexity index is 1360. The topological polar surface area (TPSA) is 114 Å². The number of para-hydroxylation sites is 1. The zero-order valence-electron chi connectivity index (χ0n) is 14.4. The van der Waals surface area contributed by atoms with Crippen molar-refractivity contribution in [2.24, 2.45) is 5.73 Å². The molecule has 0 aliphatic heterocycles. The second kappa shape index (κ2) is 5.93. The van der Waals surface area contributed by atoms with E-state index in [9.17, 15) is 4.79 Å². The molecule has 27 heavy (non-hydrogen) atoms. The maximum absolute atomic E-state index is 11.6. The van der Waals surface area contributed by atoms with Crippen molar-refractivity contribution in [3.8, 4) is 10.4 Å². The average molecular weight is 380 g/mol. The molecule has 0 aliphatic carbocycles. The highest BCUT2D eigenvalue weighted by Crippen LogP contribution is 2.37. The van der Waals surface area contributed by atoms with E-state index in [4.69, 9.17) is 15.1 Å². The minimum absolute atomic E-state index is 0.460. The van der Waals surface area contributed by atoms with Crippen molar-refractivity contribution in [2.45, 2.75) is 6.92 Å². The smallest absolute Gasteiger partial charge is 0.408 e. The highest BCUT2D eigenvalue weighted by atomic mass is 32.1. The fourth-order valence-corrected chi connectivity index (χ4v) is 4.45. The van der Waals surface area contributed by atoms with Crippen molar-refractivity contribution in [2.75, 3.05) is 18.4 Å². The van der Waals surface area contributed by atoms with E-state index in [0.29, 0.717) is 30.0 Å². The van der Waals surface area contributed by atoms with Gasteiger partial charge in [-0.15, -0.1) is 11.3 Å². The van der Waals surface area contributed by atoms with Crippen LogP contribution in [0, 0.1) is 6.92 Å². The van der Waals surface area contributed by atoms with E-state index >= 15 is 0 Å². The van der Waals surface area contributed by atoms with E-state index in [1.165, 1.54) is 0 Å². The molecule has 0 radical (unpaired) electrons. The lowest BCUT2D eigenvalue weighted by Crippen LogP contribution is -2.14. The number of aryl methyl sites for hydroxylation is 1. The van der Waals surface area contributed by atoms with Gasteiger partial charge in [0.1, 0.15) is 10.3 Å². The number of thiophene rings is 1. The van der Waals surface area contributed by atoms with Crippen LogP contribution in [0.1, 0.15) is 5.69 Å². The maximum Gasteiger partial charge on any atom is 0.417 e. The van der Waals surface area contributed by atoms with Crippen molar-refractivity contribution in [3.63, 3.8) is 0 Å². The van der Waals surface area contributed by atoms with Crippen LogP contribution >= 0.6 is 11.3 Å². The lowest BCUT2D eigenvalue weighted by Gasteiger charge is -2.07. The molecule has 0 unspecified atom stereocenters. The summed E-state index contributed by atoms with van der Waals surface area (Å²) in [6.07, 6.45) is 1.83. The number of benzene rings is 1. The average Bonchev–Trinajstić information content (AvgIpc) is 3.34. The number of rotatable bonds is 4. The molecule has 9 heteroatoms. The molecule has 0 amide bonds. The van der Waals surface area contributed by atoms with Crippen LogP contribution in [0.4, 0.5) is 5.82 Å². The minimum Gasteiger partial charge on any atom is -0.408 e. The molecule has 0 saturated heterocycles. The van der Waals surface area contributed by atoms with Gasteiger partial charge < -0.3 is 15.5 Å². The van der Waals surface area contributed by atoms with Crippen molar-refractivity contribution in [3.05, 3.63) is 46.7 Å². The fourth-order valence-electron chi connectivity index (χ4n) is 3.26. The molecule has 1 aromatic carbocycles. The summed E-state index contributed by atoms with van der Waals surface area (Å²) in [5, 5.41) is 3.25. The van der Waals surface area contributed by atoms with Crippen LogP contribution in [0.2, 0.25) is 0 Å². The summed E-state index contributed by atoms with van der Waals surface area (Å²) in [7, 11) is 0. The Balaban J connectivity index is 1.79. The summed E-state index contributed by atoms with van der Waals surface area (Å²) in [5.41, 5.74) is 10.4. The number of imidazole rings is 1. The van der Waals surface area contributed by atoms with E-state index in [-0.39, 0.29) is 0 Å². The second-order valence-corrected chi connectivity index (χ2v) is 7.26. The Kier molecular flexibility index (Phi) is 3.52. The van der Waals surface area contributed by atoms with E-state index in [0.717, 1.165) is 32.1 Å². The Hall–Kier alpha value is -3.17. The van der Waals surface area contributed by atoms with Gasteiger partial charge in [0.15, 0.2) is 17.0 Å². The van der Waals surface area contributed by atoms with Crippen LogP contribution < -0.4 is 16.8 Å². The van der Waals surface area contributed by atoms with Crippen LogP contribution in [0.15, 0.2) is 39.7 Å². The third kappa shape index (κ3) is 2.43. The first-order valence-corrected chi connectivity index (χ1v) is 9.31. The molecule has 4 aromatic heterocycles. The second-order valence-electron chi connectivity index (χ2n) is 6.23. The van der Waals surface area contributed by atoms with Gasteiger partial charge in [-0.1, -0.05) is 12.1 Å². The number of nitrogens with two attached hydrogens (primary N) is 1. The molecule has 136 valence electrons. The van der Waals surface area contributed by atoms with Gasteiger partial charge in [-0.25, -0.2) is 14.8 Å². The van der Waals surface area contributed by atoms with Gasteiger partial charge in [-0.2, -0.15) is 0 Å². The van der Waals surface area contributed by atoms with Gasteiger partial charge in [-0.3, -0.25) is 9.38 Å². The fraction of sp³-hybridized carbons (Fsp3) is 0.167. The Morgan fingerprint density at radius 1 is 1.41 bits per heavy atom. The van der Waals surface area contributed by atoms with Crippen molar-refractivity contribution in [1.29, 1.82) is 0 Å². The Morgan fingerprint density at radius 3 is 3.15 bits per heavy atom. The summed E-state index contributed by atoms with van der Waals surface area (Å²) in [4.78, 5) is 25.6. The number of anilines is 1. The summed E-state index contributed by atoms with van der Waals surface area (Å²) in [5.74, 6) is 0.248. The van der Waals surface area contributed by atoms with Gasteiger partial charge in [0.05, 0.1) is 5.52 Å². The number of hydrogen-bond acceptors (Lipinski definition) is 7. The summed E-state index contributed by atoms with van der Waals surface area (Å²) in [6.45, 7) is 3.14. The first kappa shape index (κ1) is 16.0. The molecule has 0 spiro atoms. The van der Waals surface area contributed by atoms with Gasteiger partial charge in [0, 0.05) is 35.4 Å². The summed E-state index contributed by atoms with van der Waals surface area (Å²) >= 11 is 1.60. The third-order valence-corrected chi connectivity index (χ3v) is 5.58. The predicted octanol–water partition coefficient (Wildman–Crippen LogP) is 2.72. The molecule has 4 heterocycles. The molecule has 0 atom stereocenters. The standard InChI is InChI=1S/C18H16N6O2S/c1-9-8-21-16-15(20-6-5-19)22-11-7-13(27-17(11)24(9)16)10-3-2-4-12-14(10)23-18(25)26-12/h2-4,7-8H,5-6,19H2,1H3,(H,20,22)(H,23,25). The minimum atomic E-state index is -0.460. The monoisotopic (exact) mass is 380 g/mol. The maximum atomic E-state index is 11.6. The van der Waals surface area contributed by atoms with Crippen molar-refractivity contribution >= 4 is 44.2 Å². The number of H-pyrrole nitrogens is 1. The molecular formula is C18H16N6O2S.